The molecular weight excluding hydrogens is 368 g/mol. The molecule has 3 aromatic rings. The fourth-order valence-electron chi connectivity index (χ4n) is 4.62. The molecule has 4 heterocycles. The second-order valence-corrected chi connectivity index (χ2v) is 7.59. The van der Waals surface area contributed by atoms with Gasteiger partial charge in [-0.15, -0.1) is 0 Å². The zero-order valence-corrected chi connectivity index (χ0v) is 16.2. The maximum Gasteiger partial charge on any atom is 0.257 e. The first-order chi connectivity index (χ1) is 14.0. The van der Waals surface area contributed by atoms with E-state index >= 15 is 0 Å². The van der Waals surface area contributed by atoms with Crippen LogP contribution in [0.25, 0.3) is 0 Å². The number of nitrogens with one attached hydrogen (secondary N) is 1. The third kappa shape index (κ3) is 2.48. The zero-order valence-electron chi connectivity index (χ0n) is 16.2. The van der Waals surface area contributed by atoms with Gasteiger partial charge in [-0.25, -0.2) is 9.97 Å². The van der Waals surface area contributed by atoms with E-state index in [1.165, 1.54) is 0 Å². The van der Waals surface area contributed by atoms with E-state index < -0.39 is 11.5 Å². The molecule has 1 spiro atoms. The molecule has 0 bridgehead atoms. The number of hydrogen-bond donors (Lipinski definition) is 1. The summed E-state index contributed by atoms with van der Waals surface area (Å²) in [7, 11) is 1.83. The lowest BCUT2D eigenvalue weighted by Crippen LogP contribution is -2.42. The fourth-order valence-corrected chi connectivity index (χ4v) is 4.62. The van der Waals surface area contributed by atoms with Crippen LogP contribution < -0.4 is 5.32 Å². The van der Waals surface area contributed by atoms with Crippen LogP contribution in [0.4, 0.5) is 5.69 Å². The van der Waals surface area contributed by atoms with E-state index in [2.05, 4.69) is 20.4 Å². The van der Waals surface area contributed by atoms with Crippen LogP contribution in [-0.2, 0) is 17.3 Å². The zero-order chi connectivity index (χ0) is 20.2. The number of aryl methyl sites for hydroxylation is 2. The highest BCUT2D eigenvalue weighted by molar-refractivity contribution is 6.08. The van der Waals surface area contributed by atoms with Gasteiger partial charge in [0.25, 0.3) is 5.91 Å². The molecule has 0 unspecified atom stereocenters. The predicted octanol–water partition coefficient (Wildman–Crippen LogP) is 2.00. The van der Waals surface area contributed by atoms with Crippen LogP contribution in [0.1, 0.15) is 39.8 Å². The summed E-state index contributed by atoms with van der Waals surface area (Å²) in [6.45, 7) is 2.23. The van der Waals surface area contributed by atoms with Gasteiger partial charge in [0.2, 0.25) is 5.91 Å². The van der Waals surface area contributed by atoms with Crippen molar-refractivity contribution < 1.29 is 9.59 Å². The van der Waals surface area contributed by atoms with Gasteiger partial charge in [0.15, 0.2) is 0 Å². The Bertz CT molecular complexity index is 1120. The standard InChI is InChI=1S/C21H20N6O2/c1-13-22-9-14(10-23-13)19(28)27-8-7-21(18(27)15-11-24-26(2)12-15)16-5-3-4-6-17(16)25-20(21)29/h3-6,9-12,18H,7-8H2,1-2H3,(H,25,29)/t18-,21+/m0/s1. The Hall–Kier alpha value is -3.55. The molecule has 5 rings (SSSR count). The highest BCUT2D eigenvalue weighted by Crippen LogP contribution is 2.54. The molecule has 1 saturated heterocycles. The fraction of sp³-hybridized carbons (Fsp3) is 0.286. The van der Waals surface area contributed by atoms with Crippen LogP contribution in [0.2, 0.25) is 0 Å². The van der Waals surface area contributed by atoms with Gasteiger partial charge in [-0.3, -0.25) is 14.3 Å². The topological polar surface area (TPSA) is 93.0 Å². The third-order valence-electron chi connectivity index (χ3n) is 5.92. The molecule has 1 aromatic carbocycles. The van der Waals surface area contributed by atoms with Crippen LogP contribution in [0, 0.1) is 6.92 Å². The number of rotatable bonds is 2. The van der Waals surface area contributed by atoms with Gasteiger partial charge in [0.05, 0.1) is 17.8 Å². The van der Waals surface area contributed by atoms with E-state index in [0.717, 1.165) is 16.8 Å². The van der Waals surface area contributed by atoms with Crippen LogP contribution in [0.15, 0.2) is 49.1 Å². The summed E-state index contributed by atoms with van der Waals surface area (Å²) in [4.78, 5) is 36.8. The Labute approximate surface area is 167 Å². The quantitative estimate of drug-likeness (QED) is 0.725. The minimum atomic E-state index is -0.846. The molecule has 146 valence electrons. The summed E-state index contributed by atoms with van der Waals surface area (Å²) in [6.07, 6.45) is 7.22. The number of hydrogen-bond acceptors (Lipinski definition) is 5. The van der Waals surface area contributed by atoms with Gasteiger partial charge < -0.3 is 10.2 Å². The molecule has 2 aliphatic rings. The molecule has 0 aliphatic carbocycles. The lowest BCUT2D eigenvalue weighted by molar-refractivity contribution is -0.121. The summed E-state index contributed by atoms with van der Waals surface area (Å²) in [6, 6.07) is 7.24. The van der Waals surface area contributed by atoms with Crippen molar-refractivity contribution >= 4 is 17.5 Å². The Kier molecular flexibility index (Phi) is 3.77. The first kappa shape index (κ1) is 17.5. The smallest absolute Gasteiger partial charge is 0.257 e. The van der Waals surface area contributed by atoms with Crippen molar-refractivity contribution in [2.75, 3.05) is 11.9 Å². The van der Waals surface area contributed by atoms with Gasteiger partial charge in [0.1, 0.15) is 11.2 Å². The van der Waals surface area contributed by atoms with Gasteiger partial charge in [-0.2, -0.15) is 5.10 Å². The molecule has 29 heavy (non-hydrogen) atoms. The molecule has 2 aliphatic heterocycles. The number of anilines is 1. The minimum absolute atomic E-state index is 0.0805. The number of likely N-dealkylation sites (tertiary alicyclic amines) is 1. The maximum atomic E-state index is 13.4. The van der Waals surface area contributed by atoms with E-state index in [1.807, 2.05) is 37.5 Å². The number of benzene rings is 1. The van der Waals surface area contributed by atoms with E-state index in [4.69, 9.17) is 0 Å². The number of amides is 2. The van der Waals surface area contributed by atoms with E-state index in [0.29, 0.717) is 24.4 Å². The Morgan fingerprint density at radius 1 is 1.21 bits per heavy atom. The molecule has 2 amide bonds. The van der Waals surface area contributed by atoms with Crippen LogP contribution in [-0.4, -0.2) is 43.0 Å². The van der Waals surface area contributed by atoms with E-state index in [9.17, 15) is 9.59 Å². The summed E-state index contributed by atoms with van der Waals surface area (Å²) in [5, 5.41) is 7.31. The van der Waals surface area contributed by atoms with Crippen molar-refractivity contribution in [3.05, 3.63) is 71.6 Å². The number of fused-ring (bicyclic) bond motifs is 2. The molecule has 1 fully saturated rings. The van der Waals surface area contributed by atoms with Gasteiger partial charge >= 0.3 is 0 Å². The Balaban J connectivity index is 1.65. The normalized spacial score (nSPS) is 22.8. The number of para-hydroxylation sites is 1. The van der Waals surface area contributed by atoms with Crippen LogP contribution in [0.5, 0.6) is 0 Å². The number of carbonyl (C=O) groups is 2. The first-order valence-electron chi connectivity index (χ1n) is 9.50. The van der Waals surface area contributed by atoms with Crippen molar-refractivity contribution in [2.24, 2.45) is 7.05 Å². The van der Waals surface area contributed by atoms with Crippen molar-refractivity contribution in [1.29, 1.82) is 0 Å². The van der Waals surface area contributed by atoms with Crippen molar-refractivity contribution in [1.82, 2.24) is 24.6 Å². The highest BCUT2D eigenvalue weighted by atomic mass is 16.2. The first-order valence-corrected chi connectivity index (χ1v) is 9.50. The lowest BCUT2D eigenvalue weighted by Gasteiger charge is -2.33. The number of nitrogens with zero attached hydrogens (tertiary/aromatic N) is 5. The van der Waals surface area contributed by atoms with Gasteiger partial charge in [-0.05, 0) is 25.0 Å². The molecule has 8 nitrogen and oxygen atoms in total. The van der Waals surface area contributed by atoms with Crippen LogP contribution in [0.3, 0.4) is 0 Å². The number of carbonyl (C=O) groups excluding carboxylic acids is 2. The monoisotopic (exact) mass is 388 g/mol. The van der Waals surface area contributed by atoms with Crippen molar-refractivity contribution in [3.8, 4) is 0 Å². The molecule has 0 saturated carbocycles. The Morgan fingerprint density at radius 2 is 1.97 bits per heavy atom. The van der Waals surface area contributed by atoms with Gasteiger partial charge in [0, 0.05) is 43.4 Å². The average molecular weight is 388 g/mol. The molecule has 0 radical (unpaired) electrons. The molecule has 8 heteroatoms. The largest absolute Gasteiger partial charge is 0.330 e. The van der Waals surface area contributed by atoms with Crippen molar-refractivity contribution in [2.45, 2.75) is 24.8 Å². The summed E-state index contributed by atoms with van der Waals surface area (Å²) >= 11 is 0. The van der Waals surface area contributed by atoms with E-state index in [-0.39, 0.29) is 11.8 Å². The maximum absolute atomic E-state index is 13.4. The second kappa shape index (κ2) is 6.23. The molecule has 2 aromatic heterocycles. The summed E-state index contributed by atoms with van der Waals surface area (Å²) in [5.74, 6) is 0.336. The highest BCUT2D eigenvalue weighted by Gasteiger charge is 2.59. The second-order valence-electron chi connectivity index (χ2n) is 7.59. The third-order valence-corrected chi connectivity index (χ3v) is 5.92. The summed E-state index contributed by atoms with van der Waals surface area (Å²) < 4.78 is 1.69. The summed E-state index contributed by atoms with van der Waals surface area (Å²) in [5.41, 5.74) is 2.13. The van der Waals surface area contributed by atoms with Crippen LogP contribution >= 0.6 is 0 Å². The SMILES string of the molecule is Cc1ncc(C(=O)N2CC[C@]3(C(=O)Nc4ccccc43)[C@@H]2c2cnn(C)c2)cn1. The number of aromatic nitrogens is 4. The molecular formula is C21H20N6O2. The predicted molar refractivity (Wildman–Crippen MR) is 105 cm³/mol. The molecule has 1 N–H and O–H groups in total. The lowest BCUT2D eigenvalue weighted by atomic mass is 9.73. The van der Waals surface area contributed by atoms with E-state index in [1.54, 1.807) is 35.1 Å². The minimum Gasteiger partial charge on any atom is -0.330 e. The Morgan fingerprint density at radius 3 is 2.69 bits per heavy atom. The van der Waals surface area contributed by atoms with Crippen molar-refractivity contribution in [3.63, 3.8) is 0 Å². The molecule has 2 atom stereocenters. The van der Waals surface area contributed by atoms with Gasteiger partial charge in [-0.1, -0.05) is 18.2 Å². The average Bonchev–Trinajstić information content (AvgIpc) is 3.39.